The third-order valence-electron chi connectivity index (χ3n) is 6.13. The molecule has 1 saturated carbocycles. The SMILES string of the molecule is CCCc1nn(C2CCCC2)c2c1C(c1cc(OC)c(O)c([N+](=O)[O-])c1)C(C#N)=C(N)O2. The van der Waals surface area contributed by atoms with E-state index in [0.717, 1.165) is 37.8 Å². The lowest BCUT2D eigenvalue weighted by Gasteiger charge is -2.26. The molecule has 3 N–H and O–H groups in total. The number of benzene rings is 1. The van der Waals surface area contributed by atoms with Crippen LogP contribution in [0.3, 0.4) is 0 Å². The number of allylic oxidation sites excluding steroid dienone is 1. The Morgan fingerprint density at radius 1 is 1.44 bits per heavy atom. The van der Waals surface area contributed by atoms with Crippen LogP contribution in [-0.4, -0.2) is 26.9 Å². The van der Waals surface area contributed by atoms with Crippen molar-refractivity contribution in [1.82, 2.24) is 9.78 Å². The monoisotopic (exact) mass is 439 g/mol. The topological polar surface area (TPSA) is 149 Å². The number of aromatic hydroxyl groups is 1. The van der Waals surface area contributed by atoms with Crippen molar-refractivity contribution in [1.29, 1.82) is 5.26 Å². The van der Waals surface area contributed by atoms with Crippen LogP contribution in [0, 0.1) is 21.4 Å². The molecule has 10 nitrogen and oxygen atoms in total. The fourth-order valence-corrected chi connectivity index (χ4v) is 4.66. The minimum absolute atomic E-state index is 0.0538. The van der Waals surface area contributed by atoms with Crippen molar-refractivity contribution in [2.75, 3.05) is 7.11 Å². The molecule has 10 heteroatoms. The fourth-order valence-electron chi connectivity index (χ4n) is 4.66. The summed E-state index contributed by atoms with van der Waals surface area (Å²) in [5, 5.41) is 36.6. The molecule has 4 rings (SSSR count). The van der Waals surface area contributed by atoms with E-state index in [2.05, 4.69) is 6.07 Å². The van der Waals surface area contributed by atoms with Gasteiger partial charge in [0.05, 0.1) is 35.3 Å². The number of nitriles is 1. The zero-order valence-corrected chi connectivity index (χ0v) is 18.0. The number of phenols is 1. The largest absolute Gasteiger partial charge is 0.500 e. The molecule has 1 fully saturated rings. The molecule has 0 amide bonds. The minimum atomic E-state index is -0.728. The van der Waals surface area contributed by atoms with E-state index in [-0.39, 0.29) is 23.2 Å². The molecule has 2 heterocycles. The lowest BCUT2D eigenvalue weighted by Crippen LogP contribution is -2.23. The summed E-state index contributed by atoms with van der Waals surface area (Å²) < 4.78 is 13.0. The number of methoxy groups -OCH3 is 1. The Morgan fingerprint density at radius 3 is 2.75 bits per heavy atom. The quantitative estimate of drug-likeness (QED) is 0.510. The van der Waals surface area contributed by atoms with Crippen LogP contribution in [-0.2, 0) is 6.42 Å². The van der Waals surface area contributed by atoms with E-state index in [0.29, 0.717) is 23.4 Å². The molecular formula is C22H25N5O5. The molecule has 0 bridgehead atoms. The summed E-state index contributed by atoms with van der Waals surface area (Å²) in [6.07, 6.45) is 5.62. The first-order valence-electron chi connectivity index (χ1n) is 10.6. The molecule has 1 aliphatic heterocycles. The van der Waals surface area contributed by atoms with Crippen molar-refractivity contribution in [2.45, 2.75) is 57.4 Å². The summed E-state index contributed by atoms with van der Waals surface area (Å²) in [5.74, 6) is -0.926. The molecule has 0 saturated heterocycles. The van der Waals surface area contributed by atoms with Crippen molar-refractivity contribution in [3.63, 3.8) is 0 Å². The van der Waals surface area contributed by atoms with Crippen LogP contribution in [0.1, 0.15) is 67.8 Å². The number of rotatable bonds is 6. The number of ether oxygens (including phenoxy) is 2. The lowest BCUT2D eigenvalue weighted by molar-refractivity contribution is -0.386. The van der Waals surface area contributed by atoms with Gasteiger partial charge in [-0.1, -0.05) is 26.2 Å². The van der Waals surface area contributed by atoms with Gasteiger partial charge in [-0.3, -0.25) is 10.1 Å². The smallest absolute Gasteiger partial charge is 0.314 e. The summed E-state index contributed by atoms with van der Waals surface area (Å²) in [6.45, 7) is 2.03. The van der Waals surface area contributed by atoms with Gasteiger partial charge in [0.1, 0.15) is 11.6 Å². The molecule has 1 aromatic heterocycles. The van der Waals surface area contributed by atoms with E-state index in [1.165, 1.54) is 19.2 Å². The number of hydrogen-bond donors (Lipinski definition) is 2. The van der Waals surface area contributed by atoms with Gasteiger partial charge >= 0.3 is 5.69 Å². The van der Waals surface area contributed by atoms with Crippen LogP contribution < -0.4 is 15.2 Å². The van der Waals surface area contributed by atoms with Gasteiger partial charge in [0.15, 0.2) is 5.75 Å². The maximum atomic E-state index is 11.6. The molecule has 1 unspecified atom stereocenters. The summed E-state index contributed by atoms with van der Waals surface area (Å²) in [6, 6.07) is 5.04. The molecule has 32 heavy (non-hydrogen) atoms. The normalized spacial score (nSPS) is 18.2. The van der Waals surface area contributed by atoms with Gasteiger partial charge in [-0.25, -0.2) is 4.68 Å². The molecule has 2 aromatic rings. The molecular weight excluding hydrogens is 414 g/mol. The number of nitrogens with zero attached hydrogens (tertiary/aromatic N) is 4. The van der Waals surface area contributed by atoms with Gasteiger partial charge in [0, 0.05) is 6.07 Å². The maximum Gasteiger partial charge on any atom is 0.314 e. The van der Waals surface area contributed by atoms with Crippen molar-refractivity contribution in [3.05, 3.63) is 50.5 Å². The van der Waals surface area contributed by atoms with Gasteiger partial charge in [-0.15, -0.1) is 0 Å². The highest BCUT2D eigenvalue weighted by molar-refractivity contribution is 5.63. The van der Waals surface area contributed by atoms with E-state index >= 15 is 0 Å². The average Bonchev–Trinajstić information content (AvgIpc) is 3.41. The van der Waals surface area contributed by atoms with Crippen molar-refractivity contribution >= 4 is 5.69 Å². The van der Waals surface area contributed by atoms with Crippen LogP contribution in [0.5, 0.6) is 17.4 Å². The zero-order valence-electron chi connectivity index (χ0n) is 18.0. The molecule has 0 spiro atoms. The van der Waals surface area contributed by atoms with Gasteiger partial charge < -0.3 is 20.3 Å². The maximum absolute atomic E-state index is 11.6. The van der Waals surface area contributed by atoms with Gasteiger partial charge in [-0.05, 0) is 30.9 Å². The number of aromatic nitrogens is 2. The third-order valence-corrected chi connectivity index (χ3v) is 6.13. The summed E-state index contributed by atoms with van der Waals surface area (Å²) in [4.78, 5) is 10.9. The van der Waals surface area contributed by atoms with Crippen molar-refractivity contribution < 1.29 is 19.5 Å². The minimum Gasteiger partial charge on any atom is -0.500 e. The van der Waals surface area contributed by atoms with Gasteiger partial charge in [-0.2, -0.15) is 10.4 Å². The third kappa shape index (κ3) is 3.39. The Bertz CT molecular complexity index is 1140. The highest BCUT2D eigenvalue weighted by Crippen LogP contribution is 2.49. The highest BCUT2D eigenvalue weighted by Gasteiger charge is 2.39. The van der Waals surface area contributed by atoms with Crippen LogP contribution in [0.15, 0.2) is 23.6 Å². The summed E-state index contributed by atoms with van der Waals surface area (Å²) in [5.41, 5.74) is 7.65. The van der Waals surface area contributed by atoms with E-state index in [1.54, 1.807) is 0 Å². The number of nitro groups is 1. The predicted octanol–water partition coefficient (Wildman–Crippen LogP) is 3.79. The molecule has 168 valence electrons. The lowest BCUT2D eigenvalue weighted by atomic mass is 9.83. The summed E-state index contributed by atoms with van der Waals surface area (Å²) in [7, 11) is 1.31. The number of nitro benzene ring substituents is 1. The number of phenolic OH excluding ortho intramolecular Hbond substituents is 1. The van der Waals surface area contributed by atoms with Crippen LogP contribution >= 0.6 is 0 Å². The molecule has 1 aliphatic carbocycles. The average molecular weight is 439 g/mol. The Balaban J connectivity index is 1.98. The Morgan fingerprint density at radius 2 is 2.16 bits per heavy atom. The molecule has 1 atom stereocenters. The second-order valence-corrected chi connectivity index (χ2v) is 8.07. The fraction of sp³-hybridized carbons (Fsp3) is 0.455. The molecule has 1 aromatic carbocycles. The Kier molecular flexibility index (Phi) is 5.65. The molecule has 2 aliphatic rings. The van der Waals surface area contributed by atoms with Crippen molar-refractivity contribution in [3.8, 4) is 23.4 Å². The number of hydrogen-bond acceptors (Lipinski definition) is 8. The van der Waals surface area contributed by atoms with Gasteiger partial charge in [0.2, 0.25) is 17.5 Å². The van der Waals surface area contributed by atoms with Crippen LogP contribution in [0.2, 0.25) is 0 Å². The summed E-state index contributed by atoms with van der Waals surface area (Å²) >= 11 is 0. The second kappa shape index (κ2) is 8.42. The van der Waals surface area contributed by atoms with E-state index in [1.807, 2.05) is 11.6 Å². The van der Waals surface area contributed by atoms with Crippen molar-refractivity contribution in [2.24, 2.45) is 5.73 Å². The standard InChI is InChI=1S/C22H25N5O5/c1-3-6-15-19-18(12-9-16(27(29)30)20(28)17(10-12)31-2)14(11-23)21(24)32-22(19)26(25-15)13-7-4-5-8-13/h9-10,13,18,28H,3-8,24H2,1-2H3. The van der Waals surface area contributed by atoms with Gasteiger partial charge in [0.25, 0.3) is 0 Å². The first-order chi connectivity index (χ1) is 15.4. The van der Waals surface area contributed by atoms with E-state index < -0.39 is 22.3 Å². The highest BCUT2D eigenvalue weighted by atomic mass is 16.6. The Hall–Kier alpha value is -3.74. The van der Waals surface area contributed by atoms with E-state index in [4.69, 9.17) is 20.3 Å². The molecule has 0 radical (unpaired) electrons. The Labute approximate surface area is 185 Å². The first kappa shape index (κ1) is 21.5. The van der Waals surface area contributed by atoms with E-state index in [9.17, 15) is 20.5 Å². The van der Waals surface area contributed by atoms with Crippen LogP contribution in [0.25, 0.3) is 0 Å². The van der Waals surface area contributed by atoms with Crippen LogP contribution in [0.4, 0.5) is 5.69 Å². The number of aryl methyl sites for hydroxylation is 1. The number of nitrogens with two attached hydrogens (primary N) is 1. The second-order valence-electron chi connectivity index (χ2n) is 8.07. The zero-order chi connectivity index (χ0) is 23.0. The first-order valence-corrected chi connectivity index (χ1v) is 10.6. The predicted molar refractivity (Wildman–Crippen MR) is 114 cm³/mol. The number of fused-ring (bicyclic) bond motifs is 1.